The second kappa shape index (κ2) is 11.3. The van der Waals surface area contributed by atoms with Gasteiger partial charge >= 0.3 is 0 Å². The normalized spacial score (nSPS) is 16.0. The molecule has 0 aliphatic carbocycles. The molecule has 2 N–H and O–H groups in total. The number of thioether (sulfide) groups is 1. The first-order chi connectivity index (χ1) is 9.70. The van der Waals surface area contributed by atoms with E-state index in [0.717, 1.165) is 29.8 Å². The number of amides is 1. The van der Waals surface area contributed by atoms with Gasteiger partial charge in [-0.15, -0.1) is 5.75 Å². The summed E-state index contributed by atoms with van der Waals surface area (Å²) in [5.74, 6) is 2.05. The molecule has 22 heavy (non-hydrogen) atoms. The van der Waals surface area contributed by atoms with Crippen LogP contribution in [0.5, 0.6) is 5.75 Å². The van der Waals surface area contributed by atoms with Gasteiger partial charge in [-0.05, 0) is 29.8 Å². The van der Waals surface area contributed by atoms with Crippen LogP contribution in [0.4, 0.5) is 0 Å². The molecule has 1 radical (unpaired) electrons. The van der Waals surface area contributed by atoms with Gasteiger partial charge in [0.1, 0.15) is 0 Å². The first-order valence-corrected chi connectivity index (χ1v) is 8.39. The van der Waals surface area contributed by atoms with E-state index in [1.165, 1.54) is 0 Å². The van der Waals surface area contributed by atoms with E-state index in [-0.39, 0.29) is 43.6 Å². The fraction of sp³-hybridized carbons (Fsp3) is 0.500. The smallest absolute Gasteiger partial charge is 0.230 e. The maximum Gasteiger partial charge on any atom is 0.230 e. The third-order valence-corrected chi connectivity index (χ3v) is 4.66. The van der Waals surface area contributed by atoms with Crippen molar-refractivity contribution < 1.29 is 35.8 Å². The first kappa shape index (κ1) is 21.8. The molecule has 0 saturated heterocycles. The molecule has 0 spiro atoms. The van der Waals surface area contributed by atoms with Crippen molar-refractivity contribution in [3.8, 4) is 5.75 Å². The van der Waals surface area contributed by atoms with Gasteiger partial charge in [-0.2, -0.15) is 17.5 Å². The quantitative estimate of drug-likeness (QED) is 0.420. The van der Waals surface area contributed by atoms with Gasteiger partial charge in [0.25, 0.3) is 0 Å². The van der Waals surface area contributed by atoms with Crippen LogP contribution < -0.4 is 15.7 Å². The molecule has 2 rings (SSSR count). The van der Waals surface area contributed by atoms with Crippen LogP contribution in [0, 0.1) is 0 Å². The van der Waals surface area contributed by atoms with Crippen LogP contribution in [-0.2, 0) is 49.7 Å². The van der Waals surface area contributed by atoms with Crippen LogP contribution >= 0.6 is 11.8 Å². The van der Waals surface area contributed by atoms with E-state index < -0.39 is 0 Å². The van der Waals surface area contributed by atoms with Crippen LogP contribution in [0.2, 0.25) is 0 Å². The van der Waals surface area contributed by atoms with Crippen molar-refractivity contribution in [3.63, 3.8) is 0 Å². The van der Waals surface area contributed by atoms with E-state index in [4.69, 9.17) is 12.6 Å². The standard InChI is InChI=1S/C14H20N2O2S2.O.Re/c17-11-1-2-12-10(7-11)3-4-15-13(12)8-16-14(18)9-20-6-5-19;;/h1-2,7,13,15,17,19H,3-6,8-9H2,(H,16,18);;/q;-2;/p-2/t13-;;/m1../s1. The molecule has 1 amide bonds. The molecule has 125 valence electrons. The van der Waals surface area contributed by atoms with E-state index in [9.17, 15) is 9.90 Å². The summed E-state index contributed by atoms with van der Waals surface area (Å²) in [6, 6.07) is 5.24. The summed E-state index contributed by atoms with van der Waals surface area (Å²) in [4.78, 5) is 11.7. The maximum atomic E-state index is 11.7. The number of nitrogens with one attached hydrogen (secondary N) is 2. The Balaban J connectivity index is 0.00000220. The van der Waals surface area contributed by atoms with Crippen LogP contribution in [0.1, 0.15) is 17.2 Å². The predicted octanol–water partition coefficient (Wildman–Crippen LogP) is 0.222. The molecule has 0 aromatic heterocycles. The fourth-order valence-corrected chi connectivity index (χ4v) is 3.21. The number of hydrogen-bond donors (Lipinski definition) is 2. The van der Waals surface area contributed by atoms with Crippen LogP contribution in [-0.4, -0.2) is 36.3 Å². The third-order valence-electron chi connectivity index (χ3n) is 3.24. The Morgan fingerprint density at radius 3 is 3.00 bits per heavy atom. The molecule has 0 fully saturated rings. The molecule has 0 bridgehead atoms. The number of benzene rings is 1. The van der Waals surface area contributed by atoms with Crippen molar-refractivity contribution in [1.82, 2.24) is 10.6 Å². The average Bonchev–Trinajstić information content (AvgIpc) is 2.45. The van der Waals surface area contributed by atoms with Crippen molar-refractivity contribution in [1.29, 1.82) is 0 Å². The Morgan fingerprint density at radius 2 is 2.27 bits per heavy atom. The maximum absolute atomic E-state index is 11.7. The Labute approximate surface area is 154 Å². The molecule has 1 atom stereocenters. The minimum atomic E-state index is 0. The SMILES string of the molecule is O=C(CSCC[S-])NC[C@H]1NCCc2cc([O-])ccc21.[O-2].[Re]. The van der Waals surface area contributed by atoms with E-state index in [1.807, 2.05) is 6.07 Å². The second-order valence-electron chi connectivity index (χ2n) is 4.68. The Bertz CT molecular complexity index is 477. The van der Waals surface area contributed by atoms with Crippen LogP contribution in [0.3, 0.4) is 0 Å². The molecule has 8 heteroatoms. The summed E-state index contributed by atoms with van der Waals surface area (Å²) in [6.07, 6.45) is 0.866. The average molecular weight is 513 g/mol. The molecule has 5 nitrogen and oxygen atoms in total. The molecular weight excluding hydrogens is 495 g/mol. The van der Waals surface area contributed by atoms with E-state index in [0.29, 0.717) is 18.1 Å². The first-order valence-electron chi connectivity index (χ1n) is 6.66. The van der Waals surface area contributed by atoms with Crippen molar-refractivity contribution in [2.75, 3.05) is 30.3 Å². The van der Waals surface area contributed by atoms with E-state index >= 15 is 0 Å². The predicted molar refractivity (Wildman–Crippen MR) is 83.6 cm³/mol. The zero-order valence-electron chi connectivity index (χ0n) is 12.0. The minimum Gasteiger partial charge on any atom is -2.00 e. The number of carbonyl (C=O) groups excluding carboxylic acids is 1. The molecule has 1 aromatic carbocycles. The van der Waals surface area contributed by atoms with Gasteiger partial charge in [-0.25, -0.2) is 0 Å². The summed E-state index contributed by atoms with van der Waals surface area (Å²) in [5.41, 5.74) is 2.21. The molecule has 1 aromatic rings. The Morgan fingerprint density at radius 1 is 1.50 bits per heavy atom. The van der Waals surface area contributed by atoms with Crippen LogP contribution in [0.15, 0.2) is 18.2 Å². The van der Waals surface area contributed by atoms with Crippen molar-refractivity contribution in [3.05, 3.63) is 29.3 Å². The molecule has 0 unspecified atom stereocenters. The van der Waals surface area contributed by atoms with Crippen molar-refractivity contribution in [2.45, 2.75) is 12.5 Å². The Kier molecular flexibility index (Phi) is 11.2. The molecule has 1 aliphatic rings. The zero-order valence-corrected chi connectivity index (χ0v) is 16.3. The number of fused-ring (bicyclic) bond motifs is 1. The van der Waals surface area contributed by atoms with Gasteiger partial charge in [0, 0.05) is 33.0 Å². The van der Waals surface area contributed by atoms with Crippen LogP contribution in [0.25, 0.3) is 0 Å². The summed E-state index contributed by atoms with van der Waals surface area (Å²) in [5, 5.41) is 17.7. The topological polar surface area (TPSA) is 92.7 Å². The monoisotopic (exact) mass is 513 g/mol. The largest absolute Gasteiger partial charge is 2.00 e. The molecular formula is C14H18N2O3ReS2-4. The van der Waals surface area contributed by atoms with Gasteiger partial charge in [0.05, 0.1) is 5.75 Å². The summed E-state index contributed by atoms with van der Waals surface area (Å²) < 4.78 is 0. The second-order valence-corrected chi connectivity index (χ2v) is 6.19. The third kappa shape index (κ3) is 6.49. The Hall–Kier alpha value is -0.228. The summed E-state index contributed by atoms with van der Waals surface area (Å²) in [6.45, 7) is 1.39. The molecule has 1 aliphatic heterocycles. The number of rotatable bonds is 6. The number of hydrogen-bond acceptors (Lipinski definition) is 5. The van der Waals surface area contributed by atoms with Gasteiger partial charge in [-0.1, -0.05) is 18.2 Å². The minimum absolute atomic E-state index is 0. The van der Waals surface area contributed by atoms with Crippen molar-refractivity contribution in [2.24, 2.45) is 0 Å². The fourth-order valence-electron chi connectivity index (χ4n) is 2.30. The molecule has 1 heterocycles. The summed E-state index contributed by atoms with van der Waals surface area (Å²) in [7, 11) is 0. The van der Waals surface area contributed by atoms with Gasteiger partial charge < -0.3 is 33.8 Å². The van der Waals surface area contributed by atoms with Gasteiger partial charge in [0.15, 0.2) is 0 Å². The molecule has 0 saturated carbocycles. The summed E-state index contributed by atoms with van der Waals surface area (Å²) >= 11 is 6.39. The van der Waals surface area contributed by atoms with Gasteiger partial charge in [0.2, 0.25) is 5.91 Å². The van der Waals surface area contributed by atoms with Crippen molar-refractivity contribution >= 4 is 30.3 Å². The zero-order chi connectivity index (χ0) is 14.4. The number of carbonyl (C=O) groups is 1. The van der Waals surface area contributed by atoms with E-state index in [2.05, 4.69) is 10.6 Å². The van der Waals surface area contributed by atoms with E-state index in [1.54, 1.807) is 23.9 Å². The van der Waals surface area contributed by atoms with Gasteiger partial charge in [-0.3, -0.25) is 4.79 Å².